The maximum Gasteiger partial charge on any atom is 0.124 e. The van der Waals surface area contributed by atoms with Crippen LogP contribution in [0.1, 0.15) is 0 Å². The van der Waals surface area contributed by atoms with Crippen molar-refractivity contribution in [2.75, 3.05) is 0 Å². The number of hydrogen-bond acceptors (Lipinski definition) is 3. The number of aromatic hydroxyl groups is 1. The minimum atomic E-state index is -0.252. The van der Waals surface area contributed by atoms with Crippen molar-refractivity contribution < 1.29 is 9.50 Å². The van der Waals surface area contributed by atoms with Gasteiger partial charge >= 0.3 is 0 Å². The van der Waals surface area contributed by atoms with Crippen LogP contribution in [0.3, 0.4) is 0 Å². The number of benzene rings is 2. The normalized spacial score (nSPS) is 10.6. The van der Waals surface area contributed by atoms with Gasteiger partial charge in [0.2, 0.25) is 0 Å². The van der Waals surface area contributed by atoms with Gasteiger partial charge in [-0.15, -0.1) is 11.3 Å². The van der Waals surface area contributed by atoms with E-state index in [1.807, 2.05) is 17.5 Å². The molecule has 2 aromatic carbocycles. The first-order valence-corrected chi connectivity index (χ1v) is 6.61. The third kappa shape index (κ3) is 2.48. The van der Waals surface area contributed by atoms with E-state index < -0.39 is 0 Å². The van der Waals surface area contributed by atoms with Crippen molar-refractivity contribution in [3.8, 4) is 27.6 Å². The number of phenolic OH excluding ortho intramolecular Hbond substituents is 1. The number of aromatic nitrogens is 1. The molecule has 0 amide bonds. The Labute approximate surface area is 113 Å². The average molecular weight is 271 g/mol. The maximum atomic E-state index is 12.9. The first-order valence-electron chi connectivity index (χ1n) is 5.73. The number of phenols is 1. The molecule has 1 heterocycles. The Kier molecular flexibility index (Phi) is 3.01. The lowest BCUT2D eigenvalue weighted by Crippen LogP contribution is -1.80. The van der Waals surface area contributed by atoms with Gasteiger partial charge < -0.3 is 5.11 Å². The summed E-state index contributed by atoms with van der Waals surface area (Å²) < 4.78 is 12.9. The largest absolute Gasteiger partial charge is 0.508 e. The van der Waals surface area contributed by atoms with Crippen LogP contribution < -0.4 is 0 Å². The van der Waals surface area contributed by atoms with Gasteiger partial charge in [-0.1, -0.05) is 0 Å². The monoisotopic (exact) mass is 271 g/mol. The van der Waals surface area contributed by atoms with Crippen LogP contribution in [0.4, 0.5) is 4.39 Å². The van der Waals surface area contributed by atoms with Gasteiger partial charge in [0.1, 0.15) is 16.6 Å². The number of halogens is 1. The van der Waals surface area contributed by atoms with E-state index in [1.54, 1.807) is 24.3 Å². The summed E-state index contributed by atoms with van der Waals surface area (Å²) >= 11 is 1.52. The Balaban J connectivity index is 1.95. The van der Waals surface area contributed by atoms with Crippen molar-refractivity contribution in [2.24, 2.45) is 0 Å². The highest BCUT2D eigenvalue weighted by Crippen LogP contribution is 2.29. The number of hydrogen-bond donors (Lipinski definition) is 1. The van der Waals surface area contributed by atoms with E-state index in [0.717, 1.165) is 21.8 Å². The first-order chi connectivity index (χ1) is 9.22. The Morgan fingerprint density at radius 3 is 2.21 bits per heavy atom. The molecule has 0 saturated carbocycles. The molecule has 0 fully saturated rings. The topological polar surface area (TPSA) is 33.1 Å². The summed E-state index contributed by atoms with van der Waals surface area (Å²) in [6.45, 7) is 0. The van der Waals surface area contributed by atoms with Crippen molar-refractivity contribution in [3.05, 3.63) is 59.7 Å². The van der Waals surface area contributed by atoms with E-state index in [0.29, 0.717) is 0 Å². The number of nitrogens with zero attached hydrogens (tertiary/aromatic N) is 1. The van der Waals surface area contributed by atoms with Crippen molar-refractivity contribution >= 4 is 11.3 Å². The van der Waals surface area contributed by atoms with Crippen LogP contribution in [0.25, 0.3) is 21.8 Å². The van der Waals surface area contributed by atoms with Gasteiger partial charge in [0.25, 0.3) is 0 Å². The third-order valence-electron chi connectivity index (χ3n) is 2.76. The second-order valence-electron chi connectivity index (χ2n) is 4.09. The Morgan fingerprint density at radius 1 is 0.895 bits per heavy atom. The van der Waals surface area contributed by atoms with Crippen LogP contribution in [0.5, 0.6) is 5.75 Å². The third-order valence-corrected chi connectivity index (χ3v) is 3.65. The molecular formula is C15H10FNOS. The summed E-state index contributed by atoms with van der Waals surface area (Å²) in [7, 11) is 0. The molecule has 0 spiro atoms. The van der Waals surface area contributed by atoms with Gasteiger partial charge in [0.15, 0.2) is 0 Å². The molecule has 0 aliphatic rings. The van der Waals surface area contributed by atoms with Gasteiger partial charge in [-0.3, -0.25) is 0 Å². The molecule has 0 bridgehead atoms. The van der Waals surface area contributed by atoms with Crippen molar-refractivity contribution in [1.82, 2.24) is 4.98 Å². The summed E-state index contributed by atoms with van der Waals surface area (Å²) in [5.74, 6) is -0.0169. The average Bonchev–Trinajstić information content (AvgIpc) is 2.90. The molecule has 2 nitrogen and oxygen atoms in total. The molecule has 0 atom stereocenters. The van der Waals surface area contributed by atoms with Crippen LogP contribution in [0, 0.1) is 5.82 Å². The maximum absolute atomic E-state index is 12.9. The Bertz CT molecular complexity index is 629. The van der Waals surface area contributed by atoms with Gasteiger partial charge in [0.05, 0.1) is 5.69 Å². The Hall–Kier alpha value is -2.20. The van der Waals surface area contributed by atoms with E-state index in [1.165, 1.54) is 23.5 Å². The lowest BCUT2D eigenvalue weighted by molar-refractivity contribution is 0.475. The highest BCUT2D eigenvalue weighted by atomic mass is 32.1. The van der Waals surface area contributed by atoms with E-state index in [9.17, 15) is 9.50 Å². The van der Waals surface area contributed by atoms with Crippen LogP contribution in [-0.4, -0.2) is 10.1 Å². The van der Waals surface area contributed by atoms with Crippen LogP contribution in [-0.2, 0) is 0 Å². The molecule has 4 heteroatoms. The second kappa shape index (κ2) is 4.82. The fourth-order valence-electron chi connectivity index (χ4n) is 1.76. The highest BCUT2D eigenvalue weighted by molar-refractivity contribution is 7.13. The zero-order chi connectivity index (χ0) is 13.2. The molecule has 94 valence electrons. The van der Waals surface area contributed by atoms with E-state index in [2.05, 4.69) is 4.98 Å². The fraction of sp³-hybridized carbons (Fsp3) is 0. The van der Waals surface area contributed by atoms with E-state index in [-0.39, 0.29) is 11.6 Å². The van der Waals surface area contributed by atoms with Crippen molar-refractivity contribution in [2.45, 2.75) is 0 Å². The predicted octanol–water partition coefficient (Wildman–Crippen LogP) is 4.32. The SMILES string of the molecule is Oc1ccc(-c2nc(-c3ccc(F)cc3)cs2)cc1. The van der Waals surface area contributed by atoms with Gasteiger partial charge in [-0.25, -0.2) is 9.37 Å². The molecule has 0 radical (unpaired) electrons. The quantitative estimate of drug-likeness (QED) is 0.753. The molecule has 3 aromatic rings. The highest BCUT2D eigenvalue weighted by Gasteiger charge is 2.06. The lowest BCUT2D eigenvalue weighted by Gasteiger charge is -1.97. The predicted molar refractivity (Wildman–Crippen MR) is 74.6 cm³/mol. The van der Waals surface area contributed by atoms with Crippen LogP contribution in [0.2, 0.25) is 0 Å². The standard InChI is InChI=1S/C15H10FNOS/c16-12-5-1-10(2-6-12)14-9-19-15(17-14)11-3-7-13(18)8-4-11/h1-9,18H. The molecule has 0 aliphatic heterocycles. The minimum Gasteiger partial charge on any atom is -0.508 e. The molecule has 0 saturated heterocycles. The van der Waals surface area contributed by atoms with E-state index >= 15 is 0 Å². The minimum absolute atomic E-state index is 0.235. The molecule has 1 N–H and O–H groups in total. The van der Waals surface area contributed by atoms with Gasteiger partial charge in [-0.2, -0.15) is 0 Å². The summed E-state index contributed by atoms with van der Waals surface area (Å²) in [5, 5.41) is 12.1. The second-order valence-corrected chi connectivity index (χ2v) is 4.95. The number of thiazole rings is 1. The van der Waals surface area contributed by atoms with Gasteiger partial charge in [0, 0.05) is 16.5 Å². The van der Waals surface area contributed by atoms with Crippen LogP contribution >= 0.6 is 11.3 Å². The smallest absolute Gasteiger partial charge is 0.124 e. The molecule has 19 heavy (non-hydrogen) atoms. The van der Waals surface area contributed by atoms with Crippen molar-refractivity contribution in [3.63, 3.8) is 0 Å². The molecule has 3 rings (SSSR count). The molecular weight excluding hydrogens is 261 g/mol. The molecule has 0 unspecified atom stereocenters. The summed E-state index contributed by atoms with van der Waals surface area (Å²) in [6.07, 6.45) is 0. The molecule has 1 aromatic heterocycles. The number of rotatable bonds is 2. The summed E-state index contributed by atoms with van der Waals surface area (Å²) in [6, 6.07) is 13.2. The Morgan fingerprint density at radius 2 is 1.53 bits per heavy atom. The first kappa shape index (κ1) is 11.9. The summed E-state index contributed by atoms with van der Waals surface area (Å²) in [5.41, 5.74) is 2.67. The fourth-order valence-corrected chi connectivity index (χ4v) is 2.60. The van der Waals surface area contributed by atoms with Crippen LogP contribution in [0.15, 0.2) is 53.9 Å². The van der Waals surface area contributed by atoms with Gasteiger partial charge in [-0.05, 0) is 48.5 Å². The molecule has 0 aliphatic carbocycles. The summed E-state index contributed by atoms with van der Waals surface area (Å²) in [4.78, 5) is 4.52. The zero-order valence-corrected chi connectivity index (χ0v) is 10.7. The van der Waals surface area contributed by atoms with Crippen molar-refractivity contribution in [1.29, 1.82) is 0 Å². The van der Waals surface area contributed by atoms with E-state index in [4.69, 9.17) is 0 Å². The zero-order valence-electron chi connectivity index (χ0n) is 9.88. The lowest BCUT2D eigenvalue weighted by atomic mass is 10.2.